The Bertz CT molecular complexity index is 1350. The Hall–Kier alpha value is -3.93. The Morgan fingerprint density at radius 3 is 2.47 bits per heavy atom. The van der Waals surface area contributed by atoms with Crippen molar-refractivity contribution >= 4 is 22.9 Å². The number of piperidine rings is 1. The highest BCUT2D eigenvalue weighted by Crippen LogP contribution is 2.28. The second kappa shape index (κ2) is 10.4. The molecule has 2 amide bonds. The van der Waals surface area contributed by atoms with Gasteiger partial charge < -0.3 is 14.6 Å². The van der Waals surface area contributed by atoms with Crippen LogP contribution >= 0.6 is 0 Å². The lowest BCUT2D eigenvalue weighted by Gasteiger charge is -2.34. The van der Waals surface area contributed by atoms with Crippen LogP contribution in [0.4, 0.5) is 0 Å². The van der Waals surface area contributed by atoms with Gasteiger partial charge in [-0.15, -0.1) is 0 Å². The molecule has 0 unspecified atom stereocenters. The SMILES string of the molecule is Cc1ccc(CNC(=O)[C@H](C)C2CCN(C(=O)c3ccc4oc(-c5ccccc5)nc4c3)CC2)cc1. The highest BCUT2D eigenvalue weighted by Gasteiger charge is 2.30. The number of aromatic nitrogens is 1. The van der Waals surface area contributed by atoms with Crippen LogP contribution in [-0.2, 0) is 11.3 Å². The average Bonchev–Trinajstić information content (AvgIpc) is 3.36. The minimum Gasteiger partial charge on any atom is -0.436 e. The van der Waals surface area contributed by atoms with Gasteiger partial charge in [-0.05, 0) is 61.6 Å². The number of fused-ring (bicyclic) bond motifs is 1. The maximum absolute atomic E-state index is 13.2. The van der Waals surface area contributed by atoms with Crippen molar-refractivity contribution in [2.24, 2.45) is 11.8 Å². The van der Waals surface area contributed by atoms with Crippen LogP contribution < -0.4 is 5.32 Å². The first kappa shape index (κ1) is 23.8. The number of nitrogens with zero attached hydrogens (tertiary/aromatic N) is 2. The first-order chi connectivity index (χ1) is 17.5. The molecule has 1 aliphatic rings. The molecule has 0 saturated carbocycles. The van der Waals surface area contributed by atoms with Crippen molar-refractivity contribution in [1.82, 2.24) is 15.2 Å². The number of likely N-dealkylation sites (tertiary alicyclic amines) is 1. The molecule has 1 N–H and O–H groups in total. The highest BCUT2D eigenvalue weighted by atomic mass is 16.3. The molecule has 0 spiro atoms. The first-order valence-corrected chi connectivity index (χ1v) is 12.6. The van der Waals surface area contributed by atoms with Crippen molar-refractivity contribution in [2.45, 2.75) is 33.2 Å². The van der Waals surface area contributed by atoms with Gasteiger partial charge in [-0.3, -0.25) is 9.59 Å². The average molecular weight is 482 g/mol. The molecule has 0 bridgehead atoms. The first-order valence-electron chi connectivity index (χ1n) is 12.6. The summed E-state index contributed by atoms with van der Waals surface area (Å²) in [5.74, 6) is 0.793. The molecule has 2 heterocycles. The summed E-state index contributed by atoms with van der Waals surface area (Å²) in [6.45, 7) is 5.87. The lowest BCUT2D eigenvalue weighted by atomic mass is 9.84. The zero-order valence-electron chi connectivity index (χ0n) is 20.7. The number of hydrogen-bond acceptors (Lipinski definition) is 4. The highest BCUT2D eigenvalue weighted by molar-refractivity contribution is 5.97. The van der Waals surface area contributed by atoms with Crippen molar-refractivity contribution in [3.8, 4) is 11.5 Å². The van der Waals surface area contributed by atoms with E-state index in [9.17, 15) is 9.59 Å². The van der Waals surface area contributed by atoms with Gasteiger partial charge in [0, 0.05) is 36.7 Å². The topological polar surface area (TPSA) is 75.4 Å². The molecule has 4 aromatic rings. The molecule has 5 rings (SSSR count). The number of aryl methyl sites for hydroxylation is 1. The number of carbonyl (C=O) groups excluding carboxylic acids is 2. The summed E-state index contributed by atoms with van der Waals surface area (Å²) in [6, 6.07) is 23.4. The van der Waals surface area contributed by atoms with E-state index in [-0.39, 0.29) is 23.7 Å². The second-order valence-electron chi connectivity index (χ2n) is 9.69. The fraction of sp³-hybridized carbons (Fsp3) is 0.300. The van der Waals surface area contributed by atoms with E-state index >= 15 is 0 Å². The third kappa shape index (κ3) is 5.18. The molecule has 36 heavy (non-hydrogen) atoms. The maximum Gasteiger partial charge on any atom is 0.253 e. The summed E-state index contributed by atoms with van der Waals surface area (Å²) in [7, 11) is 0. The molecule has 0 aliphatic carbocycles. The van der Waals surface area contributed by atoms with Crippen molar-refractivity contribution in [3.05, 3.63) is 89.5 Å². The fourth-order valence-electron chi connectivity index (χ4n) is 4.82. The van der Waals surface area contributed by atoms with Crippen LogP contribution in [0.1, 0.15) is 41.3 Å². The standard InChI is InChI=1S/C30H31N3O3/c1-20-8-10-22(11-9-20)19-31-28(34)21(2)23-14-16-33(17-15-23)30(35)25-12-13-27-26(18-25)32-29(36-27)24-6-4-3-5-7-24/h3-13,18,21,23H,14-17,19H2,1-2H3,(H,31,34)/t21-/m1/s1. The van der Waals surface area contributed by atoms with Crippen LogP contribution in [0.5, 0.6) is 0 Å². The summed E-state index contributed by atoms with van der Waals surface area (Å²) in [5.41, 5.74) is 5.15. The molecule has 1 aromatic heterocycles. The third-order valence-electron chi connectivity index (χ3n) is 7.19. The molecule has 1 fully saturated rings. The van der Waals surface area contributed by atoms with E-state index in [0.717, 1.165) is 24.0 Å². The number of carbonyl (C=O) groups is 2. The number of rotatable bonds is 6. The molecule has 1 aliphatic heterocycles. The minimum absolute atomic E-state index is 0.00362. The van der Waals surface area contributed by atoms with Gasteiger partial charge in [0.25, 0.3) is 5.91 Å². The Morgan fingerprint density at radius 2 is 1.75 bits per heavy atom. The number of benzene rings is 3. The second-order valence-corrected chi connectivity index (χ2v) is 9.69. The molecule has 184 valence electrons. The molecule has 0 radical (unpaired) electrons. The quantitative estimate of drug-likeness (QED) is 0.389. The van der Waals surface area contributed by atoms with E-state index in [4.69, 9.17) is 4.42 Å². The molecule has 1 saturated heterocycles. The van der Waals surface area contributed by atoms with Gasteiger partial charge in [0.05, 0.1) is 0 Å². The molecule has 6 heteroatoms. The Labute approximate surface area is 211 Å². The number of oxazole rings is 1. The van der Waals surface area contributed by atoms with Crippen LogP contribution in [0.2, 0.25) is 0 Å². The number of hydrogen-bond donors (Lipinski definition) is 1. The van der Waals surface area contributed by atoms with Crippen LogP contribution in [-0.4, -0.2) is 34.8 Å². The molecular formula is C30H31N3O3. The zero-order valence-corrected chi connectivity index (χ0v) is 20.7. The largest absolute Gasteiger partial charge is 0.436 e. The lowest BCUT2D eigenvalue weighted by molar-refractivity contribution is -0.126. The third-order valence-corrected chi connectivity index (χ3v) is 7.19. The van der Waals surface area contributed by atoms with E-state index in [0.29, 0.717) is 42.2 Å². The van der Waals surface area contributed by atoms with E-state index in [1.54, 1.807) is 12.1 Å². The van der Waals surface area contributed by atoms with Gasteiger partial charge >= 0.3 is 0 Å². The summed E-state index contributed by atoms with van der Waals surface area (Å²) < 4.78 is 5.88. The van der Waals surface area contributed by atoms with Gasteiger partial charge in [0.1, 0.15) is 5.52 Å². The van der Waals surface area contributed by atoms with Crippen LogP contribution in [0, 0.1) is 18.8 Å². The summed E-state index contributed by atoms with van der Waals surface area (Å²) in [6.07, 6.45) is 1.63. The normalized spacial score (nSPS) is 15.1. The predicted octanol–water partition coefficient (Wildman–Crippen LogP) is 5.61. The lowest BCUT2D eigenvalue weighted by Crippen LogP contribution is -2.42. The number of amides is 2. The Balaban J connectivity index is 1.17. The van der Waals surface area contributed by atoms with E-state index < -0.39 is 0 Å². The fourth-order valence-corrected chi connectivity index (χ4v) is 4.82. The molecule has 6 nitrogen and oxygen atoms in total. The number of nitrogens with one attached hydrogen (secondary N) is 1. The summed E-state index contributed by atoms with van der Waals surface area (Å²) in [5, 5.41) is 3.07. The van der Waals surface area contributed by atoms with Gasteiger partial charge in [-0.1, -0.05) is 55.0 Å². The van der Waals surface area contributed by atoms with Crippen molar-refractivity contribution in [3.63, 3.8) is 0 Å². The Morgan fingerprint density at radius 1 is 1.03 bits per heavy atom. The van der Waals surface area contributed by atoms with Crippen molar-refractivity contribution in [2.75, 3.05) is 13.1 Å². The van der Waals surface area contributed by atoms with Gasteiger partial charge in [-0.25, -0.2) is 4.98 Å². The Kier molecular flexibility index (Phi) is 6.85. The van der Waals surface area contributed by atoms with Gasteiger partial charge in [0.2, 0.25) is 11.8 Å². The van der Waals surface area contributed by atoms with Crippen LogP contribution in [0.25, 0.3) is 22.6 Å². The van der Waals surface area contributed by atoms with Crippen LogP contribution in [0.15, 0.2) is 77.2 Å². The summed E-state index contributed by atoms with van der Waals surface area (Å²) in [4.78, 5) is 32.4. The molecule has 1 atom stereocenters. The monoisotopic (exact) mass is 481 g/mol. The van der Waals surface area contributed by atoms with E-state index in [1.807, 2.05) is 60.4 Å². The van der Waals surface area contributed by atoms with Crippen molar-refractivity contribution < 1.29 is 14.0 Å². The minimum atomic E-state index is -0.0874. The van der Waals surface area contributed by atoms with Crippen LogP contribution in [0.3, 0.4) is 0 Å². The van der Waals surface area contributed by atoms with E-state index in [1.165, 1.54) is 5.56 Å². The zero-order chi connectivity index (χ0) is 25.1. The van der Waals surface area contributed by atoms with Crippen molar-refractivity contribution in [1.29, 1.82) is 0 Å². The smallest absolute Gasteiger partial charge is 0.253 e. The summed E-state index contributed by atoms with van der Waals surface area (Å²) >= 11 is 0. The molecule has 3 aromatic carbocycles. The maximum atomic E-state index is 13.2. The van der Waals surface area contributed by atoms with E-state index in [2.05, 4.69) is 29.4 Å². The molecular weight excluding hydrogens is 450 g/mol. The van der Waals surface area contributed by atoms with Gasteiger partial charge in [-0.2, -0.15) is 0 Å². The predicted molar refractivity (Wildman–Crippen MR) is 140 cm³/mol. The van der Waals surface area contributed by atoms with Gasteiger partial charge in [0.15, 0.2) is 5.58 Å².